The lowest BCUT2D eigenvalue weighted by Gasteiger charge is -2.17. The van der Waals surface area contributed by atoms with Crippen molar-refractivity contribution in [1.29, 1.82) is 0 Å². The number of ether oxygens (including phenoxy) is 1. The molecule has 2 aromatic carbocycles. The fourth-order valence-electron chi connectivity index (χ4n) is 1.97. The van der Waals surface area contributed by atoms with Crippen molar-refractivity contribution in [2.24, 2.45) is 5.14 Å². The Morgan fingerprint density at radius 1 is 1.05 bits per heavy atom. The minimum Gasteiger partial charge on any atom is -0.493 e. The van der Waals surface area contributed by atoms with Crippen LogP contribution < -0.4 is 9.88 Å². The zero-order valence-electron chi connectivity index (χ0n) is 11.3. The summed E-state index contributed by atoms with van der Waals surface area (Å²) in [5.41, 5.74) is 0.875. The summed E-state index contributed by atoms with van der Waals surface area (Å²) in [7, 11) is -3.58. The maximum absolute atomic E-state index is 11.4. The minimum atomic E-state index is -3.58. The number of benzene rings is 2. The highest BCUT2D eigenvalue weighted by Gasteiger charge is 2.18. The number of rotatable bonds is 6. The van der Waals surface area contributed by atoms with Crippen LogP contribution in [0.25, 0.3) is 0 Å². The molecule has 0 bridgehead atoms. The van der Waals surface area contributed by atoms with E-state index in [-0.39, 0.29) is 18.3 Å². The van der Waals surface area contributed by atoms with Crippen LogP contribution in [0.3, 0.4) is 0 Å². The first-order chi connectivity index (χ1) is 9.94. The van der Waals surface area contributed by atoms with E-state index in [1.54, 1.807) is 24.3 Å². The van der Waals surface area contributed by atoms with Gasteiger partial charge in [0.2, 0.25) is 10.0 Å². The van der Waals surface area contributed by atoms with Crippen LogP contribution in [0.4, 0.5) is 0 Å². The van der Waals surface area contributed by atoms with Crippen molar-refractivity contribution in [2.45, 2.75) is 5.92 Å². The third kappa shape index (κ3) is 5.38. The van der Waals surface area contributed by atoms with E-state index in [2.05, 4.69) is 0 Å². The molecule has 1 atom stereocenters. The molecule has 2 rings (SSSR count). The quantitative estimate of drug-likeness (QED) is 0.887. The van der Waals surface area contributed by atoms with Crippen molar-refractivity contribution in [3.8, 4) is 5.75 Å². The number of hydrogen-bond acceptors (Lipinski definition) is 3. The highest BCUT2D eigenvalue weighted by atomic mass is 35.5. The van der Waals surface area contributed by atoms with Gasteiger partial charge >= 0.3 is 0 Å². The predicted molar refractivity (Wildman–Crippen MR) is 84.1 cm³/mol. The molecule has 2 aromatic rings. The van der Waals surface area contributed by atoms with Crippen LogP contribution in [0.2, 0.25) is 5.02 Å². The summed E-state index contributed by atoms with van der Waals surface area (Å²) in [4.78, 5) is 0. The van der Waals surface area contributed by atoms with E-state index in [0.29, 0.717) is 10.8 Å². The van der Waals surface area contributed by atoms with Crippen LogP contribution in [-0.4, -0.2) is 20.8 Å². The normalized spacial score (nSPS) is 12.9. The highest BCUT2D eigenvalue weighted by Crippen LogP contribution is 2.21. The second-order valence-electron chi connectivity index (χ2n) is 4.70. The molecular weight excluding hydrogens is 310 g/mol. The van der Waals surface area contributed by atoms with Gasteiger partial charge in [0.05, 0.1) is 12.4 Å². The fourth-order valence-corrected chi connectivity index (χ4v) is 2.95. The summed E-state index contributed by atoms with van der Waals surface area (Å²) in [6.45, 7) is 0.224. The molecule has 0 spiro atoms. The molecule has 0 saturated heterocycles. The largest absolute Gasteiger partial charge is 0.493 e. The SMILES string of the molecule is NS(=O)(=O)CC(COc1ccc(Cl)cc1)c1ccccc1. The van der Waals surface area contributed by atoms with E-state index in [9.17, 15) is 8.42 Å². The third-order valence-corrected chi connectivity index (χ3v) is 4.09. The lowest BCUT2D eigenvalue weighted by molar-refractivity contribution is 0.296. The van der Waals surface area contributed by atoms with Gasteiger partial charge in [-0.15, -0.1) is 0 Å². The molecule has 0 fully saturated rings. The summed E-state index contributed by atoms with van der Waals surface area (Å²) in [6, 6.07) is 16.2. The second kappa shape index (κ2) is 6.93. The Morgan fingerprint density at radius 2 is 1.67 bits per heavy atom. The van der Waals surface area contributed by atoms with Crippen molar-refractivity contribution in [3.05, 3.63) is 65.2 Å². The molecule has 0 saturated carbocycles. The number of nitrogens with two attached hydrogens (primary N) is 1. The highest BCUT2D eigenvalue weighted by molar-refractivity contribution is 7.89. The monoisotopic (exact) mass is 325 g/mol. The molecule has 0 amide bonds. The molecule has 0 radical (unpaired) electrons. The van der Waals surface area contributed by atoms with E-state index < -0.39 is 10.0 Å². The van der Waals surface area contributed by atoms with Crippen LogP contribution in [0, 0.1) is 0 Å². The molecule has 0 aliphatic rings. The summed E-state index contributed by atoms with van der Waals surface area (Å²) in [5, 5.41) is 5.78. The van der Waals surface area contributed by atoms with Crippen molar-refractivity contribution < 1.29 is 13.2 Å². The first-order valence-corrected chi connectivity index (χ1v) is 8.47. The van der Waals surface area contributed by atoms with Crippen LogP contribution in [-0.2, 0) is 10.0 Å². The number of halogens is 1. The summed E-state index contributed by atoms with van der Waals surface area (Å²) in [5.74, 6) is 0.150. The zero-order valence-corrected chi connectivity index (χ0v) is 12.8. The molecule has 0 aliphatic heterocycles. The van der Waals surface area contributed by atoms with Crippen LogP contribution in [0.5, 0.6) is 5.75 Å². The fraction of sp³-hybridized carbons (Fsp3) is 0.200. The summed E-state index contributed by atoms with van der Waals surface area (Å²) in [6.07, 6.45) is 0. The Labute approximate surface area is 129 Å². The Morgan fingerprint density at radius 3 is 2.24 bits per heavy atom. The van der Waals surface area contributed by atoms with Gasteiger partial charge in [-0.25, -0.2) is 13.6 Å². The molecule has 4 nitrogen and oxygen atoms in total. The van der Waals surface area contributed by atoms with E-state index in [4.69, 9.17) is 21.5 Å². The number of hydrogen-bond donors (Lipinski definition) is 1. The molecule has 6 heteroatoms. The van der Waals surface area contributed by atoms with Gasteiger partial charge in [-0.05, 0) is 29.8 Å². The average molecular weight is 326 g/mol. The van der Waals surface area contributed by atoms with Crippen LogP contribution >= 0.6 is 11.6 Å². The molecule has 0 aromatic heterocycles. The van der Waals surface area contributed by atoms with Crippen molar-refractivity contribution >= 4 is 21.6 Å². The van der Waals surface area contributed by atoms with Gasteiger partial charge in [-0.1, -0.05) is 41.9 Å². The van der Waals surface area contributed by atoms with Gasteiger partial charge in [0.1, 0.15) is 5.75 Å². The van der Waals surface area contributed by atoms with Gasteiger partial charge in [0.15, 0.2) is 0 Å². The maximum Gasteiger partial charge on any atom is 0.209 e. The molecule has 112 valence electrons. The van der Waals surface area contributed by atoms with E-state index >= 15 is 0 Å². The van der Waals surface area contributed by atoms with Gasteiger partial charge in [0, 0.05) is 10.9 Å². The van der Waals surface area contributed by atoms with Gasteiger partial charge in [-0.3, -0.25) is 0 Å². The molecular formula is C15H16ClNO3S. The zero-order chi connectivity index (χ0) is 15.3. The summed E-state index contributed by atoms with van der Waals surface area (Å²) < 4.78 is 28.4. The minimum absolute atomic E-state index is 0.162. The Hall–Kier alpha value is -1.56. The van der Waals surface area contributed by atoms with Crippen molar-refractivity contribution in [1.82, 2.24) is 0 Å². The van der Waals surface area contributed by atoms with Gasteiger partial charge in [0.25, 0.3) is 0 Å². The second-order valence-corrected chi connectivity index (χ2v) is 6.80. The smallest absolute Gasteiger partial charge is 0.209 e. The number of sulfonamides is 1. The molecule has 0 heterocycles. The molecule has 21 heavy (non-hydrogen) atoms. The first-order valence-electron chi connectivity index (χ1n) is 6.38. The first kappa shape index (κ1) is 15.8. The Kier molecular flexibility index (Phi) is 5.22. The number of primary sulfonamides is 1. The van der Waals surface area contributed by atoms with E-state index in [1.807, 2.05) is 30.3 Å². The van der Waals surface area contributed by atoms with E-state index in [0.717, 1.165) is 5.56 Å². The summed E-state index contributed by atoms with van der Waals surface area (Å²) >= 11 is 5.81. The Bertz CT molecular complexity index is 672. The third-order valence-electron chi connectivity index (χ3n) is 2.97. The van der Waals surface area contributed by atoms with Crippen LogP contribution in [0.15, 0.2) is 54.6 Å². The average Bonchev–Trinajstić information content (AvgIpc) is 2.45. The van der Waals surface area contributed by atoms with Crippen molar-refractivity contribution in [3.63, 3.8) is 0 Å². The molecule has 2 N–H and O–H groups in total. The lowest BCUT2D eigenvalue weighted by atomic mass is 10.0. The lowest BCUT2D eigenvalue weighted by Crippen LogP contribution is -2.25. The van der Waals surface area contributed by atoms with Gasteiger partial charge in [-0.2, -0.15) is 0 Å². The Balaban J connectivity index is 2.11. The van der Waals surface area contributed by atoms with Gasteiger partial charge < -0.3 is 4.74 Å². The van der Waals surface area contributed by atoms with Crippen molar-refractivity contribution in [2.75, 3.05) is 12.4 Å². The topological polar surface area (TPSA) is 69.4 Å². The predicted octanol–water partition coefficient (Wildman–Crippen LogP) is 2.79. The van der Waals surface area contributed by atoms with Crippen LogP contribution in [0.1, 0.15) is 11.5 Å². The molecule has 1 unspecified atom stereocenters. The van der Waals surface area contributed by atoms with E-state index in [1.165, 1.54) is 0 Å². The molecule has 0 aliphatic carbocycles. The maximum atomic E-state index is 11.4. The standard InChI is InChI=1S/C15H16ClNO3S/c16-14-6-8-15(9-7-14)20-10-13(11-21(17,18)19)12-4-2-1-3-5-12/h1-9,13H,10-11H2,(H2,17,18,19).